The number of piperidine rings is 1. The van der Waals surface area contributed by atoms with E-state index in [0.717, 1.165) is 32.5 Å². The molecule has 0 aliphatic carbocycles. The van der Waals surface area contributed by atoms with Crippen LogP contribution in [0.4, 0.5) is 5.82 Å². The number of nitrogen functional groups attached to an aromatic ring is 1. The predicted molar refractivity (Wildman–Crippen MR) is 73.7 cm³/mol. The first-order chi connectivity index (χ1) is 9.11. The van der Waals surface area contributed by atoms with Crippen molar-refractivity contribution in [1.82, 2.24) is 19.8 Å². The number of anilines is 1. The maximum Gasteiger partial charge on any atom is 0.274 e. The first-order valence-electron chi connectivity index (χ1n) is 6.69. The molecule has 0 atom stereocenters. The smallest absolute Gasteiger partial charge is 0.274 e. The van der Waals surface area contributed by atoms with Crippen LogP contribution >= 0.6 is 0 Å². The number of aromatic nitrogens is 2. The molecule has 1 saturated heterocycles. The molecule has 104 valence electrons. The molecule has 1 aromatic heterocycles. The number of nitrogens with two attached hydrogens (primary N) is 1. The van der Waals surface area contributed by atoms with Gasteiger partial charge in [0.05, 0.1) is 12.4 Å². The lowest BCUT2D eigenvalue weighted by atomic mass is 10.0. The Morgan fingerprint density at radius 3 is 2.63 bits per heavy atom. The van der Waals surface area contributed by atoms with Crippen molar-refractivity contribution in [1.29, 1.82) is 0 Å². The van der Waals surface area contributed by atoms with Crippen LogP contribution in [0.5, 0.6) is 0 Å². The fraction of sp³-hybridized carbons (Fsp3) is 0.615. The van der Waals surface area contributed by atoms with Crippen LogP contribution in [0.1, 0.15) is 30.3 Å². The highest BCUT2D eigenvalue weighted by molar-refractivity contribution is 5.92. The van der Waals surface area contributed by atoms with Crippen molar-refractivity contribution in [2.45, 2.75) is 25.8 Å². The molecule has 0 unspecified atom stereocenters. The van der Waals surface area contributed by atoms with Crippen LogP contribution in [-0.4, -0.2) is 58.4 Å². The molecular weight excluding hydrogens is 242 g/mol. The molecule has 2 rings (SSSR count). The van der Waals surface area contributed by atoms with Crippen molar-refractivity contribution in [2.24, 2.45) is 0 Å². The Morgan fingerprint density at radius 1 is 1.42 bits per heavy atom. The Kier molecular flexibility index (Phi) is 4.31. The van der Waals surface area contributed by atoms with E-state index in [9.17, 15) is 4.79 Å². The average Bonchev–Trinajstić information content (AvgIpc) is 2.46. The highest BCUT2D eigenvalue weighted by Gasteiger charge is 2.26. The minimum atomic E-state index is -0.0811. The normalized spacial score (nSPS) is 17.4. The van der Waals surface area contributed by atoms with Gasteiger partial charge in [-0.05, 0) is 19.4 Å². The average molecular weight is 263 g/mol. The van der Waals surface area contributed by atoms with E-state index < -0.39 is 0 Å². The summed E-state index contributed by atoms with van der Waals surface area (Å²) < 4.78 is 0. The second-order valence-corrected chi connectivity index (χ2v) is 4.91. The molecular formula is C13H21N5O. The van der Waals surface area contributed by atoms with Crippen molar-refractivity contribution < 1.29 is 4.79 Å². The summed E-state index contributed by atoms with van der Waals surface area (Å²) in [6.45, 7) is 5.34. The van der Waals surface area contributed by atoms with Crippen LogP contribution in [0.2, 0.25) is 0 Å². The Balaban J connectivity index is 1.98. The minimum Gasteiger partial charge on any atom is -0.382 e. The first-order valence-corrected chi connectivity index (χ1v) is 6.69. The fourth-order valence-electron chi connectivity index (χ4n) is 2.42. The second-order valence-electron chi connectivity index (χ2n) is 4.91. The van der Waals surface area contributed by atoms with E-state index in [2.05, 4.69) is 21.8 Å². The van der Waals surface area contributed by atoms with Gasteiger partial charge in [0.15, 0.2) is 0 Å². The van der Waals surface area contributed by atoms with Crippen molar-refractivity contribution in [3.8, 4) is 0 Å². The number of carbonyl (C=O) groups excluding carboxylic acids is 1. The van der Waals surface area contributed by atoms with Crippen molar-refractivity contribution in [3.63, 3.8) is 0 Å². The zero-order chi connectivity index (χ0) is 13.8. The number of amides is 1. The molecule has 6 nitrogen and oxygen atoms in total. The molecule has 0 saturated carbocycles. The van der Waals surface area contributed by atoms with E-state index in [1.165, 1.54) is 12.4 Å². The zero-order valence-electron chi connectivity index (χ0n) is 11.5. The molecule has 19 heavy (non-hydrogen) atoms. The van der Waals surface area contributed by atoms with Gasteiger partial charge in [-0.3, -0.25) is 4.79 Å². The SMILES string of the molecule is CCN1CCC(N(C)C(=O)c2cnc(N)cn2)CC1. The highest BCUT2D eigenvalue weighted by Crippen LogP contribution is 2.16. The van der Waals surface area contributed by atoms with Crippen LogP contribution in [0, 0.1) is 0 Å². The molecule has 1 aliphatic rings. The molecule has 2 heterocycles. The topological polar surface area (TPSA) is 75.3 Å². The third kappa shape index (κ3) is 3.20. The van der Waals surface area contributed by atoms with Crippen LogP contribution in [0.15, 0.2) is 12.4 Å². The predicted octanol–water partition coefficient (Wildman–Crippen LogP) is 0.615. The summed E-state index contributed by atoms with van der Waals surface area (Å²) in [4.78, 5) is 24.4. The lowest BCUT2D eigenvalue weighted by Gasteiger charge is -2.36. The molecule has 1 fully saturated rings. The number of hydrogen-bond donors (Lipinski definition) is 1. The van der Waals surface area contributed by atoms with Gasteiger partial charge >= 0.3 is 0 Å². The Bertz CT molecular complexity index is 425. The first kappa shape index (κ1) is 13.7. The molecule has 2 N–H and O–H groups in total. The van der Waals surface area contributed by atoms with E-state index in [-0.39, 0.29) is 11.9 Å². The number of likely N-dealkylation sites (tertiary alicyclic amines) is 1. The van der Waals surface area contributed by atoms with Gasteiger partial charge in [0.2, 0.25) is 0 Å². The maximum atomic E-state index is 12.3. The van der Waals surface area contributed by atoms with Gasteiger partial charge in [0.25, 0.3) is 5.91 Å². The molecule has 1 amide bonds. The van der Waals surface area contributed by atoms with E-state index in [0.29, 0.717) is 11.5 Å². The fourth-order valence-corrected chi connectivity index (χ4v) is 2.42. The third-order valence-electron chi connectivity index (χ3n) is 3.76. The Hall–Kier alpha value is -1.69. The van der Waals surface area contributed by atoms with Gasteiger partial charge in [-0.2, -0.15) is 0 Å². The Labute approximate surface area is 113 Å². The lowest BCUT2D eigenvalue weighted by Crippen LogP contribution is -2.45. The number of carbonyl (C=O) groups is 1. The lowest BCUT2D eigenvalue weighted by molar-refractivity contribution is 0.0640. The van der Waals surface area contributed by atoms with E-state index in [1.807, 2.05) is 7.05 Å². The zero-order valence-corrected chi connectivity index (χ0v) is 11.5. The van der Waals surface area contributed by atoms with Gasteiger partial charge in [-0.25, -0.2) is 9.97 Å². The van der Waals surface area contributed by atoms with Gasteiger partial charge in [0, 0.05) is 26.2 Å². The number of hydrogen-bond acceptors (Lipinski definition) is 5. The summed E-state index contributed by atoms with van der Waals surface area (Å²) in [5, 5.41) is 0. The third-order valence-corrected chi connectivity index (χ3v) is 3.76. The minimum absolute atomic E-state index is 0.0811. The molecule has 1 aliphatic heterocycles. The molecule has 0 aromatic carbocycles. The molecule has 0 bridgehead atoms. The number of nitrogens with zero attached hydrogens (tertiary/aromatic N) is 4. The molecule has 0 spiro atoms. The van der Waals surface area contributed by atoms with Gasteiger partial charge in [-0.1, -0.05) is 6.92 Å². The van der Waals surface area contributed by atoms with Gasteiger partial charge < -0.3 is 15.5 Å². The van der Waals surface area contributed by atoms with E-state index >= 15 is 0 Å². The van der Waals surface area contributed by atoms with Gasteiger partial charge in [0.1, 0.15) is 11.5 Å². The van der Waals surface area contributed by atoms with E-state index in [1.54, 1.807) is 4.90 Å². The Morgan fingerprint density at radius 2 is 2.11 bits per heavy atom. The molecule has 6 heteroatoms. The van der Waals surface area contributed by atoms with Crippen molar-refractivity contribution >= 4 is 11.7 Å². The largest absolute Gasteiger partial charge is 0.382 e. The monoisotopic (exact) mass is 263 g/mol. The molecule has 1 aromatic rings. The molecule has 0 radical (unpaired) electrons. The summed E-state index contributed by atoms with van der Waals surface area (Å²) in [6, 6.07) is 0.287. The summed E-state index contributed by atoms with van der Waals surface area (Å²) in [6.07, 6.45) is 4.88. The van der Waals surface area contributed by atoms with E-state index in [4.69, 9.17) is 5.73 Å². The highest BCUT2D eigenvalue weighted by atomic mass is 16.2. The quantitative estimate of drug-likeness (QED) is 0.865. The summed E-state index contributed by atoms with van der Waals surface area (Å²) in [5.74, 6) is 0.248. The van der Waals surface area contributed by atoms with Crippen LogP contribution < -0.4 is 5.73 Å². The van der Waals surface area contributed by atoms with Crippen molar-refractivity contribution in [2.75, 3.05) is 32.4 Å². The van der Waals surface area contributed by atoms with Crippen LogP contribution in [0.3, 0.4) is 0 Å². The summed E-state index contributed by atoms with van der Waals surface area (Å²) in [7, 11) is 1.84. The van der Waals surface area contributed by atoms with Crippen LogP contribution in [0.25, 0.3) is 0 Å². The standard InChI is InChI=1S/C13H21N5O/c1-3-18-6-4-10(5-7-18)17(2)13(19)11-8-16-12(14)9-15-11/h8-10H,3-7H2,1-2H3,(H2,14,16). The number of rotatable bonds is 3. The second kappa shape index (κ2) is 5.97. The summed E-state index contributed by atoms with van der Waals surface area (Å²) in [5.41, 5.74) is 5.83. The van der Waals surface area contributed by atoms with Gasteiger partial charge in [-0.15, -0.1) is 0 Å². The maximum absolute atomic E-state index is 12.3. The van der Waals surface area contributed by atoms with Crippen molar-refractivity contribution in [3.05, 3.63) is 18.1 Å². The summed E-state index contributed by atoms with van der Waals surface area (Å²) >= 11 is 0. The van der Waals surface area contributed by atoms with Crippen LogP contribution in [-0.2, 0) is 0 Å².